The zero-order valence-corrected chi connectivity index (χ0v) is 13.6. The second-order valence-electron chi connectivity index (χ2n) is 4.81. The van der Waals surface area contributed by atoms with Crippen molar-refractivity contribution in [3.8, 4) is 11.5 Å². The molecule has 0 saturated carbocycles. The highest BCUT2D eigenvalue weighted by molar-refractivity contribution is 9.10. The van der Waals surface area contributed by atoms with Crippen LogP contribution in [0.25, 0.3) is 0 Å². The number of amides is 2. The summed E-state index contributed by atoms with van der Waals surface area (Å²) >= 11 is 3.32. The number of carbonyl (C=O) groups is 2. The van der Waals surface area contributed by atoms with Crippen LogP contribution in [0.15, 0.2) is 46.9 Å². The van der Waals surface area contributed by atoms with Gasteiger partial charge in [0, 0.05) is 15.7 Å². The molecule has 0 aromatic heterocycles. The lowest BCUT2D eigenvalue weighted by Gasteiger charge is -2.07. The Hall–Kier alpha value is -2.54. The summed E-state index contributed by atoms with van der Waals surface area (Å²) in [7, 11) is 0. The Morgan fingerprint density at radius 3 is 2.57 bits per heavy atom. The molecule has 0 bridgehead atoms. The monoisotopic (exact) mass is 376 g/mol. The molecule has 0 atom stereocenters. The molecular weight excluding hydrogens is 364 g/mol. The number of halogens is 1. The Labute approximate surface area is 140 Å². The average molecular weight is 377 g/mol. The second-order valence-corrected chi connectivity index (χ2v) is 5.72. The molecule has 0 radical (unpaired) electrons. The van der Waals surface area contributed by atoms with E-state index in [1.165, 1.54) is 0 Å². The van der Waals surface area contributed by atoms with E-state index in [1.54, 1.807) is 30.3 Å². The van der Waals surface area contributed by atoms with Crippen molar-refractivity contribution in [1.29, 1.82) is 0 Å². The van der Waals surface area contributed by atoms with Crippen LogP contribution in [0.5, 0.6) is 11.5 Å². The van der Waals surface area contributed by atoms with Gasteiger partial charge in [0.25, 0.3) is 5.91 Å². The van der Waals surface area contributed by atoms with Crippen molar-refractivity contribution in [2.24, 2.45) is 0 Å². The first-order chi connectivity index (χ1) is 11.1. The van der Waals surface area contributed by atoms with Crippen LogP contribution < -0.4 is 20.1 Å². The fraction of sp³-hybridized carbons (Fsp3) is 0.125. The maximum Gasteiger partial charge on any atom is 0.251 e. The number of rotatable bonds is 4. The zero-order valence-electron chi connectivity index (χ0n) is 12.0. The zero-order chi connectivity index (χ0) is 16.2. The van der Waals surface area contributed by atoms with E-state index >= 15 is 0 Å². The number of hydrogen-bond donors (Lipinski definition) is 2. The SMILES string of the molecule is O=C(CNC(=O)c1ccc2c(c1)OCO2)Nc1ccc(Br)cc1. The molecule has 6 nitrogen and oxygen atoms in total. The summed E-state index contributed by atoms with van der Waals surface area (Å²) in [6.07, 6.45) is 0. The van der Waals surface area contributed by atoms with Gasteiger partial charge in [-0.05, 0) is 42.5 Å². The maximum atomic E-state index is 12.1. The van der Waals surface area contributed by atoms with Crippen LogP contribution in [-0.4, -0.2) is 25.2 Å². The minimum Gasteiger partial charge on any atom is -0.454 e. The van der Waals surface area contributed by atoms with Gasteiger partial charge >= 0.3 is 0 Å². The number of ether oxygens (including phenoxy) is 2. The van der Waals surface area contributed by atoms with Gasteiger partial charge in [-0.15, -0.1) is 0 Å². The predicted octanol–water partition coefficient (Wildman–Crippen LogP) is 2.55. The van der Waals surface area contributed by atoms with Crippen LogP contribution in [0.3, 0.4) is 0 Å². The van der Waals surface area contributed by atoms with Crippen molar-refractivity contribution < 1.29 is 19.1 Å². The minimum absolute atomic E-state index is 0.122. The number of carbonyl (C=O) groups excluding carboxylic acids is 2. The number of anilines is 1. The molecule has 2 aromatic rings. The number of hydrogen-bond acceptors (Lipinski definition) is 4. The molecule has 7 heteroatoms. The van der Waals surface area contributed by atoms with Crippen molar-refractivity contribution in [3.05, 3.63) is 52.5 Å². The molecule has 1 aliphatic heterocycles. The van der Waals surface area contributed by atoms with Crippen LogP contribution in [-0.2, 0) is 4.79 Å². The fourth-order valence-electron chi connectivity index (χ4n) is 2.04. The van der Waals surface area contributed by atoms with Crippen LogP contribution in [0, 0.1) is 0 Å². The highest BCUT2D eigenvalue weighted by Crippen LogP contribution is 2.32. The largest absolute Gasteiger partial charge is 0.454 e. The van der Waals surface area contributed by atoms with E-state index in [-0.39, 0.29) is 25.2 Å². The Morgan fingerprint density at radius 1 is 1.04 bits per heavy atom. The first-order valence-corrected chi connectivity index (χ1v) is 7.64. The summed E-state index contributed by atoms with van der Waals surface area (Å²) < 4.78 is 11.3. The van der Waals surface area contributed by atoms with E-state index in [0.29, 0.717) is 22.7 Å². The van der Waals surface area contributed by atoms with E-state index in [9.17, 15) is 9.59 Å². The predicted molar refractivity (Wildman–Crippen MR) is 87.7 cm³/mol. The highest BCUT2D eigenvalue weighted by Gasteiger charge is 2.16. The van der Waals surface area contributed by atoms with Gasteiger partial charge in [0.05, 0.1) is 6.54 Å². The Morgan fingerprint density at radius 2 is 1.78 bits per heavy atom. The standard InChI is InChI=1S/C16H13BrN2O4/c17-11-2-4-12(5-3-11)19-15(20)8-18-16(21)10-1-6-13-14(7-10)23-9-22-13/h1-7H,8-9H2,(H,18,21)(H,19,20). The molecule has 2 N–H and O–H groups in total. The van der Waals surface area contributed by atoms with Crippen LogP contribution >= 0.6 is 15.9 Å². The van der Waals surface area contributed by atoms with E-state index in [0.717, 1.165) is 4.47 Å². The third-order valence-corrected chi connectivity index (χ3v) is 3.70. The van der Waals surface area contributed by atoms with Gasteiger partial charge < -0.3 is 20.1 Å². The molecule has 23 heavy (non-hydrogen) atoms. The quantitative estimate of drug-likeness (QED) is 0.859. The van der Waals surface area contributed by atoms with Gasteiger partial charge in [0.15, 0.2) is 11.5 Å². The van der Waals surface area contributed by atoms with Crippen LogP contribution in [0.4, 0.5) is 5.69 Å². The number of fused-ring (bicyclic) bond motifs is 1. The lowest BCUT2D eigenvalue weighted by atomic mass is 10.2. The van der Waals surface area contributed by atoms with E-state index in [4.69, 9.17) is 9.47 Å². The van der Waals surface area contributed by atoms with Gasteiger partial charge in [0.1, 0.15) is 0 Å². The van der Waals surface area contributed by atoms with Crippen LogP contribution in [0.2, 0.25) is 0 Å². The summed E-state index contributed by atoms with van der Waals surface area (Å²) in [5.74, 6) is 0.474. The van der Waals surface area contributed by atoms with Crippen molar-refractivity contribution in [2.45, 2.75) is 0 Å². The normalized spacial score (nSPS) is 11.9. The molecule has 1 aliphatic rings. The minimum atomic E-state index is -0.353. The third-order valence-electron chi connectivity index (χ3n) is 3.17. The van der Waals surface area contributed by atoms with Gasteiger partial charge in [-0.2, -0.15) is 0 Å². The molecule has 0 unspecified atom stereocenters. The molecule has 0 fully saturated rings. The van der Waals surface area contributed by atoms with E-state index < -0.39 is 0 Å². The smallest absolute Gasteiger partial charge is 0.251 e. The fourth-order valence-corrected chi connectivity index (χ4v) is 2.30. The maximum absolute atomic E-state index is 12.1. The first kappa shape index (κ1) is 15.4. The van der Waals surface area contributed by atoms with Crippen molar-refractivity contribution in [2.75, 3.05) is 18.7 Å². The molecular formula is C16H13BrN2O4. The molecule has 2 aromatic carbocycles. The summed E-state index contributed by atoms with van der Waals surface area (Å²) in [5, 5.41) is 5.26. The second kappa shape index (κ2) is 6.70. The highest BCUT2D eigenvalue weighted by atomic mass is 79.9. The van der Waals surface area contributed by atoms with Gasteiger partial charge in [-0.25, -0.2) is 0 Å². The molecule has 118 valence electrons. The summed E-state index contributed by atoms with van der Waals surface area (Å²) in [5.41, 5.74) is 1.07. The molecule has 1 heterocycles. The first-order valence-electron chi connectivity index (χ1n) is 6.85. The molecule has 0 saturated heterocycles. The van der Waals surface area contributed by atoms with Crippen molar-refractivity contribution >= 4 is 33.4 Å². The van der Waals surface area contributed by atoms with Gasteiger partial charge in [0.2, 0.25) is 12.7 Å². The molecule has 2 amide bonds. The molecule has 3 rings (SSSR count). The topological polar surface area (TPSA) is 76.7 Å². The number of nitrogens with one attached hydrogen (secondary N) is 2. The molecule has 0 spiro atoms. The Kier molecular flexibility index (Phi) is 4.47. The van der Waals surface area contributed by atoms with E-state index in [2.05, 4.69) is 26.6 Å². The Bertz CT molecular complexity index is 746. The number of benzene rings is 2. The summed E-state index contributed by atoms with van der Waals surface area (Å²) in [6, 6.07) is 12.0. The lowest BCUT2D eigenvalue weighted by Crippen LogP contribution is -2.32. The van der Waals surface area contributed by atoms with Crippen molar-refractivity contribution in [3.63, 3.8) is 0 Å². The average Bonchev–Trinajstić information content (AvgIpc) is 3.02. The third kappa shape index (κ3) is 3.81. The summed E-state index contributed by atoms with van der Waals surface area (Å²) in [6.45, 7) is 0.0271. The summed E-state index contributed by atoms with van der Waals surface area (Å²) in [4.78, 5) is 23.9. The van der Waals surface area contributed by atoms with Crippen molar-refractivity contribution in [1.82, 2.24) is 5.32 Å². The van der Waals surface area contributed by atoms with Gasteiger partial charge in [-0.1, -0.05) is 15.9 Å². The van der Waals surface area contributed by atoms with Crippen LogP contribution in [0.1, 0.15) is 10.4 Å². The lowest BCUT2D eigenvalue weighted by molar-refractivity contribution is -0.115. The molecule has 0 aliphatic carbocycles. The van der Waals surface area contributed by atoms with E-state index in [1.807, 2.05) is 12.1 Å². The van der Waals surface area contributed by atoms with Gasteiger partial charge in [-0.3, -0.25) is 9.59 Å². The Balaban J connectivity index is 1.54.